The third kappa shape index (κ3) is 3.24. The lowest BCUT2D eigenvalue weighted by molar-refractivity contribution is 0.431. The van der Waals surface area contributed by atoms with E-state index in [1.807, 2.05) is 6.07 Å². The van der Waals surface area contributed by atoms with Gasteiger partial charge < -0.3 is 0 Å². The summed E-state index contributed by atoms with van der Waals surface area (Å²) in [4.78, 5) is 0. The minimum absolute atomic E-state index is 0.0398. The molecule has 18 heavy (non-hydrogen) atoms. The zero-order valence-electron chi connectivity index (χ0n) is 10.2. The summed E-state index contributed by atoms with van der Waals surface area (Å²) >= 11 is 1.63. The van der Waals surface area contributed by atoms with Crippen LogP contribution in [0, 0.1) is 5.82 Å². The van der Waals surface area contributed by atoms with Crippen LogP contribution in [0.15, 0.2) is 24.3 Å². The number of thioether (sulfide) groups is 1. The lowest BCUT2D eigenvalue weighted by Gasteiger charge is -2.17. The molecule has 0 saturated carbocycles. The van der Waals surface area contributed by atoms with E-state index >= 15 is 0 Å². The third-order valence-electron chi connectivity index (χ3n) is 3.02. The van der Waals surface area contributed by atoms with Crippen molar-refractivity contribution >= 4 is 21.8 Å². The van der Waals surface area contributed by atoms with E-state index < -0.39 is 10.0 Å². The Kier molecular flexibility index (Phi) is 4.29. The molecule has 1 aromatic rings. The van der Waals surface area contributed by atoms with Crippen LogP contribution < -0.4 is 0 Å². The van der Waals surface area contributed by atoms with Gasteiger partial charge in [0, 0.05) is 29.7 Å². The Bertz CT molecular complexity index is 519. The normalized spacial score (nSPS) is 22.7. The molecule has 1 atom stereocenters. The standard InChI is InChI=1S/C12H16FNO2S2/c1-18(15,16)14-7-6-12(17-9-8-14)10-4-2-3-5-11(10)13/h2-5,12H,6-9H2,1H3/t12-/m1/s1. The maximum Gasteiger partial charge on any atom is 0.211 e. The molecule has 0 aromatic heterocycles. The summed E-state index contributed by atoms with van der Waals surface area (Å²) in [6.07, 6.45) is 1.87. The largest absolute Gasteiger partial charge is 0.213 e. The van der Waals surface area contributed by atoms with Crippen LogP contribution in [0.4, 0.5) is 4.39 Å². The van der Waals surface area contributed by atoms with E-state index in [1.165, 1.54) is 16.6 Å². The second-order valence-electron chi connectivity index (χ2n) is 4.33. The summed E-state index contributed by atoms with van der Waals surface area (Å²) in [7, 11) is -3.14. The fourth-order valence-electron chi connectivity index (χ4n) is 2.07. The molecule has 1 aliphatic rings. The Hall–Kier alpha value is -0.590. The molecule has 1 aliphatic heterocycles. The molecule has 1 fully saturated rings. The Morgan fingerprint density at radius 2 is 2.06 bits per heavy atom. The molecule has 2 rings (SSSR count). The monoisotopic (exact) mass is 289 g/mol. The van der Waals surface area contributed by atoms with E-state index in [2.05, 4.69) is 0 Å². The fourth-order valence-corrected chi connectivity index (χ4v) is 4.29. The van der Waals surface area contributed by atoms with Crippen LogP contribution in [0.25, 0.3) is 0 Å². The SMILES string of the molecule is CS(=O)(=O)N1CCS[C@@H](c2ccccc2F)CC1. The van der Waals surface area contributed by atoms with Crippen LogP contribution in [0.3, 0.4) is 0 Å². The van der Waals surface area contributed by atoms with Crippen molar-refractivity contribution in [1.82, 2.24) is 4.31 Å². The lowest BCUT2D eigenvalue weighted by atomic mass is 10.1. The Labute approximate surface area is 111 Å². The molecule has 1 aromatic carbocycles. The van der Waals surface area contributed by atoms with Crippen LogP contribution >= 0.6 is 11.8 Å². The van der Waals surface area contributed by atoms with Crippen LogP contribution in [0.2, 0.25) is 0 Å². The summed E-state index contributed by atoms with van der Waals surface area (Å²) < 4.78 is 38.1. The van der Waals surface area contributed by atoms with Gasteiger partial charge in [-0.1, -0.05) is 18.2 Å². The highest BCUT2D eigenvalue weighted by Crippen LogP contribution is 2.35. The molecule has 6 heteroatoms. The Morgan fingerprint density at radius 3 is 2.72 bits per heavy atom. The minimum atomic E-state index is -3.14. The maximum atomic E-state index is 13.7. The summed E-state index contributed by atoms with van der Waals surface area (Å²) in [5, 5.41) is 0.0398. The zero-order valence-corrected chi connectivity index (χ0v) is 11.8. The number of hydrogen-bond donors (Lipinski definition) is 0. The summed E-state index contributed by atoms with van der Waals surface area (Å²) in [6, 6.07) is 6.72. The predicted molar refractivity (Wildman–Crippen MR) is 72.6 cm³/mol. The number of halogens is 1. The molecular weight excluding hydrogens is 273 g/mol. The maximum absolute atomic E-state index is 13.7. The Balaban J connectivity index is 2.13. The fraction of sp³-hybridized carbons (Fsp3) is 0.500. The number of sulfonamides is 1. The smallest absolute Gasteiger partial charge is 0.211 e. The first kappa shape index (κ1) is 13.8. The van der Waals surface area contributed by atoms with E-state index in [0.717, 1.165) is 0 Å². The van der Waals surface area contributed by atoms with E-state index in [1.54, 1.807) is 23.9 Å². The van der Waals surface area contributed by atoms with Gasteiger partial charge in [-0.2, -0.15) is 11.8 Å². The highest BCUT2D eigenvalue weighted by Gasteiger charge is 2.25. The van der Waals surface area contributed by atoms with Crippen molar-refractivity contribution in [2.24, 2.45) is 0 Å². The molecule has 0 bridgehead atoms. The van der Waals surface area contributed by atoms with Gasteiger partial charge in [-0.3, -0.25) is 0 Å². The van der Waals surface area contributed by atoms with Crippen LogP contribution in [-0.4, -0.2) is 37.8 Å². The summed E-state index contributed by atoms with van der Waals surface area (Å²) in [6.45, 7) is 0.972. The van der Waals surface area contributed by atoms with Gasteiger partial charge in [-0.15, -0.1) is 0 Å². The summed E-state index contributed by atoms with van der Waals surface area (Å²) in [5.41, 5.74) is 0.679. The van der Waals surface area contributed by atoms with Crippen molar-refractivity contribution in [2.75, 3.05) is 25.1 Å². The highest BCUT2D eigenvalue weighted by atomic mass is 32.2. The first-order valence-corrected chi connectivity index (χ1v) is 8.69. The number of nitrogens with zero attached hydrogens (tertiary/aromatic N) is 1. The van der Waals surface area contributed by atoms with Gasteiger partial charge in [0.15, 0.2) is 0 Å². The molecule has 0 unspecified atom stereocenters. The molecule has 100 valence electrons. The molecular formula is C12H16FNO2S2. The van der Waals surface area contributed by atoms with Crippen LogP contribution in [0.1, 0.15) is 17.2 Å². The average Bonchev–Trinajstić information content (AvgIpc) is 2.54. The molecule has 0 N–H and O–H groups in total. The van der Waals surface area contributed by atoms with E-state index in [4.69, 9.17) is 0 Å². The van der Waals surface area contributed by atoms with Gasteiger partial charge >= 0.3 is 0 Å². The first-order valence-electron chi connectivity index (χ1n) is 5.79. The van der Waals surface area contributed by atoms with Gasteiger partial charge in [0.05, 0.1) is 6.26 Å². The van der Waals surface area contributed by atoms with Gasteiger partial charge in [0.2, 0.25) is 10.0 Å². The molecule has 1 heterocycles. The first-order chi connectivity index (χ1) is 8.48. The zero-order chi connectivity index (χ0) is 13.2. The van der Waals surface area contributed by atoms with E-state index in [-0.39, 0.29) is 11.1 Å². The van der Waals surface area contributed by atoms with Gasteiger partial charge in [-0.25, -0.2) is 17.1 Å². The Morgan fingerprint density at radius 1 is 1.33 bits per heavy atom. The molecule has 0 radical (unpaired) electrons. The van der Waals surface area contributed by atoms with Crippen molar-refractivity contribution in [3.63, 3.8) is 0 Å². The van der Waals surface area contributed by atoms with Gasteiger partial charge in [0.25, 0.3) is 0 Å². The van der Waals surface area contributed by atoms with Gasteiger partial charge in [0.1, 0.15) is 5.82 Å². The average molecular weight is 289 g/mol. The molecule has 0 amide bonds. The van der Waals surface area contributed by atoms with Crippen molar-refractivity contribution < 1.29 is 12.8 Å². The lowest BCUT2D eigenvalue weighted by Crippen LogP contribution is -2.31. The second kappa shape index (κ2) is 5.59. The van der Waals surface area contributed by atoms with Gasteiger partial charge in [-0.05, 0) is 12.5 Å². The van der Waals surface area contributed by atoms with Crippen molar-refractivity contribution in [3.8, 4) is 0 Å². The van der Waals surface area contributed by atoms with E-state index in [0.29, 0.717) is 30.8 Å². The van der Waals surface area contributed by atoms with Crippen molar-refractivity contribution in [1.29, 1.82) is 0 Å². The molecule has 0 spiro atoms. The summed E-state index contributed by atoms with van der Waals surface area (Å²) in [5.74, 6) is 0.495. The quantitative estimate of drug-likeness (QED) is 0.838. The third-order valence-corrected chi connectivity index (χ3v) is 5.63. The van der Waals surface area contributed by atoms with Crippen LogP contribution in [0.5, 0.6) is 0 Å². The molecule has 3 nitrogen and oxygen atoms in total. The number of hydrogen-bond acceptors (Lipinski definition) is 3. The minimum Gasteiger partial charge on any atom is -0.213 e. The molecule has 1 saturated heterocycles. The predicted octanol–water partition coefficient (Wildman–Crippen LogP) is 2.27. The van der Waals surface area contributed by atoms with Crippen molar-refractivity contribution in [2.45, 2.75) is 11.7 Å². The number of benzene rings is 1. The topological polar surface area (TPSA) is 37.4 Å². The molecule has 0 aliphatic carbocycles. The number of rotatable bonds is 2. The second-order valence-corrected chi connectivity index (χ2v) is 7.62. The van der Waals surface area contributed by atoms with Crippen molar-refractivity contribution in [3.05, 3.63) is 35.6 Å². The van der Waals surface area contributed by atoms with Crippen LogP contribution in [-0.2, 0) is 10.0 Å². The highest BCUT2D eigenvalue weighted by molar-refractivity contribution is 7.99. The van der Waals surface area contributed by atoms with E-state index in [9.17, 15) is 12.8 Å².